The van der Waals surface area contributed by atoms with Crippen LogP contribution in [0, 0.1) is 6.92 Å². The molecule has 0 aliphatic heterocycles. The fraction of sp³-hybridized carbons (Fsp3) is 0.455. The minimum Gasteiger partial charge on any atom is -0.497 e. The predicted molar refractivity (Wildman–Crippen MR) is 58.3 cm³/mol. The van der Waals surface area contributed by atoms with Gasteiger partial charge in [-0.3, -0.25) is 0 Å². The highest BCUT2D eigenvalue weighted by Gasteiger charge is 2.37. The van der Waals surface area contributed by atoms with Gasteiger partial charge >= 0.3 is 6.18 Å². The molecule has 96 valence electrons. The molecule has 17 heavy (non-hydrogen) atoms. The summed E-state index contributed by atoms with van der Waals surface area (Å²) in [6, 6.07) is 5.01. The lowest BCUT2D eigenvalue weighted by atomic mass is 10.2. The van der Waals surface area contributed by atoms with E-state index in [1.165, 1.54) is 7.11 Å². The second kappa shape index (κ2) is 5.27. The average molecular weight is 249 g/mol. The number of alkyl halides is 3. The van der Waals surface area contributed by atoms with Crippen molar-refractivity contribution >= 4 is 5.69 Å². The molecule has 0 radical (unpaired) electrons. The molecule has 0 heterocycles. The second-order valence-electron chi connectivity index (χ2n) is 3.62. The van der Waals surface area contributed by atoms with Crippen LogP contribution in [0.1, 0.15) is 5.56 Å². The molecular weight excluding hydrogens is 235 g/mol. The number of rotatable bonds is 4. The van der Waals surface area contributed by atoms with Crippen molar-refractivity contribution in [3.63, 3.8) is 0 Å². The number of aliphatic hydroxyl groups is 1. The molecule has 1 aromatic carbocycles. The molecule has 0 saturated carbocycles. The van der Waals surface area contributed by atoms with Crippen molar-refractivity contribution < 1.29 is 23.0 Å². The Morgan fingerprint density at radius 3 is 2.59 bits per heavy atom. The predicted octanol–water partition coefficient (Wildman–Crippen LogP) is 2.34. The highest BCUT2D eigenvalue weighted by atomic mass is 19.4. The smallest absolute Gasteiger partial charge is 0.416 e. The molecule has 0 spiro atoms. The molecule has 0 aromatic heterocycles. The van der Waals surface area contributed by atoms with Crippen molar-refractivity contribution in [3.05, 3.63) is 23.8 Å². The standard InChI is InChI=1S/C11H14F3NO2/c1-7-3-4-8(17-2)5-9(7)15-6-10(16)11(12,13)14/h3-5,10,15-16H,6H2,1-2H3. The van der Waals surface area contributed by atoms with E-state index < -0.39 is 18.8 Å². The molecule has 2 N–H and O–H groups in total. The molecule has 1 aromatic rings. The Kier molecular flexibility index (Phi) is 4.22. The van der Waals surface area contributed by atoms with Gasteiger partial charge < -0.3 is 15.2 Å². The third-order valence-electron chi connectivity index (χ3n) is 2.31. The van der Waals surface area contributed by atoms with Crippen LogP contribution in [0.25, 0.3) is 0 Å². The topological polar surface area (TPSA) is 41.5 Å². The molecule has 6 heteroatoms. The van der Waals surface area contributed by atoms with E-state index in [0.29, 0.717) is 11.4 Å². The zero-order valence-corrected chi connectivity index (χ0v) is 9.51. The van der Waals surface area contributed by atoms with Crippen LogP contribution >= 0.6 is 0 Å². The highest BCUT2D eigenvalue weighted by molar-refractivity contribution is 5.54. The van der Waals surface area contributed by atoms with Crippen LogP contribution in [0.2, 0.25) is 0 Å². The number of anilines is 1. The maximum Gasteiger partial charge on any atom is 0.416 e. The molecule has 0 amide bonds. The quantitative estimate of drug-likeness (QED) is 0.860. The van der Waals surface area contributed by atoms with Gasteiger partial charge in [0.15, 0.2) is 6.10 Å². The number of ether oxygens (including phenoxy) is 1. The Balaban J connectivity index is 2.69. The van der Waals surface area contributed by atoms with E-state index in [4.69, 9.17) is 9.84 Å². The van der Waals surface area contributed by atoms with E-state index in [0.717, 1.165) is 5.56 Å². The van der Waals surface area contributed by atoms with Gasteiger partial charge in [-0.1, -0.05) is 6.07 Å². The molecule has 1 unspecified atom stereocenters. The van der Waals surface area contributed by atoms with Crippen LogP contribution < -0.4 is 10.1 Å². The number of methoxy groups -OCH3 is 1. The molecule has 0 saturated heterocycles. The molecule has 0 aliphatic carbocycles. The summed E-state index contributed by atoms with van der Waals surface area (Å²) in [5, 5.41) is 11.4. The van der Waals surface area contributed by atoms with Crippen LogP contribution in [-0.2, 0) is 0 Å². The molecule has 3 nitrogen and oxygen atoms in total. The minimum atomic E-state index is -4.61. The van der Waals surface area contributed by atoms with E-state index in [1.807, 2.05) is 0 Å². The first-order chi connectivity index (χ1) is 7.84. The van der Waals surface area contributed by atoms with Gasteiger partial charge in [0.2, 0.25) is 0 Å². The number of benzene rings is 1. The van der Waals surface area contributed by atoms with Crippen molar-refractivity contribution in [1.29, 1.82) is 0 Å². The van der Waals surface area contributed by atoms with Crippen molar-refractivity contribution in [2.45, 2.75) is 19.2 Å². The fourth-order valence-corrected chi connectivity index (χ4v) is 1.24. The van der Waals surface area contributed by atoms with Gasteiger partial charge in [-0.15, -0.1) is 0 Å². The van der Waals surface area contributed by atoms with Gasteiger partial charge in [-0.25, -0.2) is 0 Å². The third-order valence-corrected chi connectivity index (χ3v) is 2.31. The van der Waals surface area contributed by atoms with Gasteiger partial charge in [0.25, 0.3) is 0 Å². The largest absolute Gasteiger partial charge is 0.497 e. The second-order valence-corrected chi connectivity index (χ2v) is 3.62. The molecular formula is C11H14F3NO2. The van der Waals surface area contributed by atoms with Crippen molar-refractivity contribution in [1.82, 2.24) is 0 Å². The van der Waals surface area contributed by atoms with E-state index in [2.05, 4.69) is 5.32 Å². The third kappa shape index (κ3) is 3.81. The number of hydrogen-bond donors (Lipinski definition) is 2. The lowest BCUT2D eigenvalue weighted by Crippen LogP contribution is -2.35. The minimum absolute atomic E-state index is 0.507. The first kappa shape index (κ1) is 13.6. The normalized spacial score (nSPS) is 13.3. The SMILES string of the molecule is COc1ccc(C)c(NCC(O)C(F)(F)F)c1. The van der Waals surface area contributed by atoms with Crippen LogP contribution in [0.3, 0.4) is 0 Å². The van der Waals surface area contributed by atoms with Crippen LogP contribution in [0.5, 0.6) is 5.75 Å². The molecule has 1 atom stereocenters. The lowest BCUT2D eigenvalue weighted by Gasteiger charge is -2.17. The van der Waals surface area contributed by atoms with Gasteiger partial charge in [0.05, 0.1) is 7.11 Å². The summed E-state index contributed by atoms with van der Waals surface area (Å²) in [5.74, 6) is 0.541. The number of hydrogen-bond acceptors (Lipinski definition) is 3. The maximum absolute atomic E-state index is 12.1. The fourth-order valence-electron chi connectivity index (χ4n) is 1.24. The zero-order valence-electron chi connectivity index (χ0n) is 9.51. The summed E-state index contributed by atoms with van der Waals surface area (Å²) in [6.45, 7) is 1.17. The first-order valence-corrected chi connectivity index (χ1v) is 4.98. The summed E-state index contributed by atoms with van der Waals surface area (Å²) >= 11 is 0. The number of halogens is 3. The van der Waals surface area contributed by atoms with Gasteiger partial charge in [-0.05, 0) is 18.6 Å². The van der Waals surface area contributed by atoms with Crippen molar-refractivity contribution in [2.24, 2.45) is 0 Å². The van der Waals surface area contributed by atoms with Gasteiger partial charge in [-0.2, -0.15) is 13.2 Å². The Morgan fingerprint density at radius 1 is 1.41 bits per heavy atom. The summed E-state index contributed by atoms with van der Waals surface area (Å²) in [6.07, 6.45) is -6.99. The Labute approximate surface area is 97.2 Å². The highest BCUT2D eigenvalue weighted by Crippen LogP contribution is 2.24. The summed E-state index contributed by atoms with van der Waals surface area (Å²) < 4.78 is 41.2. The molecule has 0 aliphatic rings. The Bertz CT molecular complexity index is 379. The molecule has 0 bridgehead atoms. The summed E-state index contributed by atoms with van der Waals surface area (Å²) in [4.78, 5) is 0. The van der Waals surface area contributed by atoms with Crippen LogP contribution in [0.15, 0.2) is 18.2 Å². The number of aliphatic hydroxyl groups excluding tert-OH is 1. The first-order valence-electron chi connectivity index (χ1n) is 4.98. The Hall–Kier alpha value is -1.43. The zero-order chi connectivity index (χ0) is 13.1. The average Bonchev–Trinajstić information content (AvgIpc) is 2.26. The van der Waals surface area contributed by atoms with E-state index in [9.17, 15) is 13.2 Å². The van der Waals surface area contributed by atoms with Crippen LogP contribution in [-0.4, -0.2) is 31.0 Å². The monoisotopic (exact) mass is 249 g/mol. The van der Waals surface area contributed by atoms with Crippen molar-refractivity contribution in [2.75, 3.05) is 19.0 Å². The van der Waals surface area contributed by atoms with Gasteiger partial charge in [0.1, 0.15) is 5.75 Å². The number of nitrogens with one attached hydrogen (secondary N) is 1. The van der Waals surface area contributed by atoms with Crippen molar-refractivity contribution in [3.8, 4) is 5.75 Å². The van der Waals surface area contributed by atoms with E-state index >= 15 is 0 Å². The number of aryl methyl sites for hydroxylation is 1. The van der Waals surface area contributed by atoms with E-state index in [-0.39, 0.29) is 0 Å². The molecule has 1 rings (SSSR count). The lowest BCUT2D eigenvalue weighted by molar-refractivity contribution is -0.198. The van der Waals surface area contributed by atoms with Gasteiger partial charge in [0, 0.05) is 18.3 Å². The maximum atomic E-state index is 12.1. The van der Waals surface area contributed by atoms with Crippen LogP contribution in [0.4, 0.5) is 18.9 Å². The molecule has 0 fully saturated rings. The summed E-state index contributed by atoms with van der Waals surface area (Å²) in [5.41, 5.74) is 1.29. The Morgan fingerprint density at radius 2 is 2.06 bits per heavy atom. The summed E-state index contributed by atoms with van der Waals surface area (Å²) in [7, 11) is 1.47. The van der Waals surface area contributed by atoms with E-state index in [1.54, 1.807) is 25.1 Å².